The number of hydrogen-bond donors (Lipinski definition) is 3. The average molecular weight is 572 g/mol. The predicted octanol–water partition coefficient (Wildman–Crippen LogP) is 4.44. The van der Waals surface area contributed by atoms with Gasteiger partial charge in [0.25, 0.3) is 0 Å². The highest BCUT2D eigenvalue weighted by Gasteiger charge is 2.38. The van der Waals surface area contributed by atoms with Gasteiger partial charge < -0.3 is 20.1 Å². The van der Waals surface area contributed by atoms with Crippen molar-refractivity contribution in [2.24, 2.45) is 0 Å². The topological polar surface area (TPSA) is 123 Å². The van der Waals surface area contributed by atoms with Crippen molar-refractivity contribution < 1.29 is 28.2 Å². The third kappa shape index (κ3) is 5.54. The molecule has 1 fully saturated rings. The molecule has 4 rings (SSSR count). The van der Waals surface area contributed by atoms with Gasteiger partial charge in [-0.05, 0) is 31.5 Å². The number of aromatic nitrogens is 3. The number of nitrogens with one attached hydrogen (secondary N) is 1. The smallest absolute Gasteiger partial charge is 0.417 e. The van der Waals surface area contributed by atoms with Gasteiger partial charge in [0.2, 0.25) is 0 Å². The van der Waals surface area contributed by atoms with Gasteiger partial charge in [-0.2, -0.15) is 18.2 Å². The number of fused-ring (bicyclic) bond motifs is 1. The van der Waals surface area contributed by atoms with Crippen molar-refractivity contribution in [3.63, 3.8) is 0 Å². The SMILES string of the molecule is C[C@@H]1CN(c2nc(=O)[nH]c3c(SCC(CO)c4cccnc4)c(Cl)c(C(F)(F)F)cc23)C[C@H](C)N1C(=O)O. The van der Waals surface area contributed by atoms with Crippen LogP contribution in [-0.2, 0) is 6.18 Å². The fraction of sp³-hybridized carbons (Fsp3) is 0.417. The minimum absolute atomic E-state index is 0.00449. The van der Waals surface area contributed by atoms with Gasteiger partial charge in [0, 0.05) is 42.5 Å². The number of rotatable bonds is 6. The molecule has 14 heteroatoms. The van der Waals surface area contributed by atoms with Crippen LogP contribution in [0.15, 0.2) is 40.3 Å². The molecule has 0 radical (unpaired) electrons. The molecule has 3 aromatic rings. The fourth-order valence-electron chi connectivity index (χ4n) is 4.74. The van der Waals surface area contributed by atoms with Crippen LogP contribution in [0.4, 0.5) is 23.8 Å². The van der Waals surface area contributed by atoms with Crippen molar-refractivity contribution >= 4 is 46.2 Å². The Kier molecular flexibility index (Phi) is 8.09. The summed E-state index contributed by atoms with van der Waals surface area (Å²) >= 11 is 7.27. The first-order valence-corrected chi connectivity index (χ1v) is 13.0. The lowest BCUT2D eigenvalue weighted by Gasteiger charge is -2.43. The number of aliphatic hydroxyl groups excluding tert-OH is 1. The van der Waals surface area contributed by atoms with E-state index in [1.54, 1.807) is 43.3 Å². The van der Waals surface area contributed by atoms with Crippen LogP contribution in [0.3, 0.4) is 0 Å². The first kappa shape index (κ1) is 28.0. The molecule has 1 aliphatic heterocycles. The number of H-pyrrole nitrogens is 1. The molecule has 0 aliphatic carbocycles. The van der Waals surface area contributed by atoms with Crippen molar-refractivity contribution in [2.75, 3.05) is 30.3 Å². The minimum Gasteiger partial charge on any atom is -0.465 e. The van der Waals surface area contributed by atoms with Crippen molar-refractivity contribution in [1.82, 2.24) is 19.9 Å². The number of thioether (sulfide) groups is 1. The first-order valence-electron chi connectivity index (χ1n) is 11.7. The number of hydrogen-bond acceptors (Lipinski definition) is 7. The number of carbonyl (C=O) groups is 1. The number of anilines is 1. The molecule has 1 aromatic carbocycles. The molecule has 2 aromatic heterocycles. The second-order valence-electron chi connectivity index (χ2n) is 9.12. The second kappa shape index (κ2) is 11.0. The van der Waals surface area contributed by atoms with E-state index >= 15 is 0 Å². The van der Waals surface area contributed by atoms with Gasteiger partial charge in [0.05, 0.1) is 39.7 Å². The lowest BCUT2D eigenvalue weighted by atomic mass is 10.0. The van der Waals surface area contributed by atoms with Crippen molar-refractivity contribution in [1.29, 1.82) is 0 Å². The van der Waals surface area contributed by atoms with Crippen LogP contribution >= 0.6 is 23.4 Å². The maximum absolute atomic E-state index is 14.1. The molecule has 9 nitrogen and oxygen atoms in total. The Bertz CT molecular complexity index is 1380. The molecular weight excluding hydrogens is 547 g/mol. The van der Waals surface area contributed by atoms with E-state index in [1.165, 1.54) is 4.90 Å². The van der Waals surface area contributed by atoms with E-state index in [1.807, 2.05) is 0 Å². The van der Waals surface area contributed by atoms with Crippen LogP contribution in [0.5, 0.6) is 0 Å². The number of amides is 1. The number of pyridine rings is 1. The quantitative estimate of drug-likeness (QED) is 0.371. The number of alkyl halides is 3. The number of carboxylic acid groups (broad SMARTS) is 1. The van der Waals surface area contributed by atoms with Crippen LogP contribution in [0.25, 0.3) is 10.9 Å². The number of aliphatic hydroxyl groups is 1. The molecular formula is C24H25ClF3N5O4S. The van der Waals surface area contributed by atoms with Gasteiger partial charge in [-0.15, -0.1) is 11.8 Å². The summed E-state index contributed by atoms with van der Waals surface area (Å²) in [5.41, 5.74) is -1.08. The van der Waals surface area contributed by atoms with Gasteiger partial charge in [-0.3, -0.25) is 9.88 Å². The van der Waals surface area contributed by atoms with E-state index in [4.69, 9.17) is 11.6 Å². The van der Waals surface area contributed by atoms with Crippen molar-refractivity contribution in [3.8, 4) is 0 Å². The van der Waals surface area contributed by atoms with E-state index in [9.17, 15) is 33.0 Å². The molecule has 3 N–H and O–H groups in total. The fourth-order valence-corrected chi connectivity index (χ4v) is 6.36. The summed E-state index contributed by atoms with van der Waals surface area (Å²) in [6, 6.07) is 3.31. The van der Waals surface area contributed by atoms with Gasteiger partial charge in [0.15, 0.2) is 0 Å². The second-order valence-corrected chi connectivity index (χ2v) is 10.5. The molecule has 38 heavy (non-hydrogen) atoms. The first-order chi connectivity index (χ1) is 17.9. The summed E-state index contributed by atoms with van der Waals surface area (Å²) in [7, 11) is 0. The van der Waals surface area contributed by atoms with E-state index in [0.717, 1.165) is 17.8 Å². The van der Waals surface area contributed by atoms with Gasteiger partial charge >= 0.3 is 18.0 Å². The average Bonchev–Trinajstić information content (AvgIpc) is 2.84. The Balaban J connectivity index is 1.83. The van der Waals surface area contributed by atoms with Crippen LogP contribution in [0.2, 0.25) is 5.02 Å². The predicted molar refractivity (Wildman–Crippen MR) is 138 cm³/mol. The van der Waals surface area contributed by atoms with Gasteiger partial charge in [-0.1, -0.05) is 17.7 Å². The number of aromatic amines is 1. The Hall–Kier alpha value is -3.03. The largest absolute Gasteiger partial charge is 0.465 e. The molecule has 1 amide bonds. The summed E-state index contributed by atoms with van der Waals surface area (Å²) in [5, 5.41) is 18.9. The van der Waals surface area contributed by atoms with Crippen LogP contribution in [0.1, 0.15) is 30.9 Å². The maximum atomic E-state index is 14.1. The molecule has 1 saturated heterocycles. The molecule has 1 aliphatic rings. The summed E-state index contributed by atoms with van der Waals surface area (Å²) in [4.78, 5) is 37.7. The summed E-state index contributed by atoms with van der Waals surface area (Å²) in [6.07, 6.45) is -2.77. The Morgan fingerprint density at radius 3 is 2.55 bits per heavy atom. The van der Waals surface area contributed by atoms with Gasteiger partial charge in [-0.25, -0.2) is 9.59 Å². The summed E-state index contributed by atoms with van der Waals surface area (Å²) < 4.78 is 42.3. The maximum Gasteiger partial charge on any atom is 0.417 e. The lowest BCUT2D eigenvalue weighted by molar-refractivity contribution is -0.137. The molecule has 0 saturated carbocycles. The van der Waals surface area contributed by atoms with Crippen molar-refractivity contribution in [3.05, 3.63) is 57.2 Å². The lowest BCUT2D eigenvalue weighted by Crippen LogP contribution is -2.58. The number of benzene rings is 1. The standard InChI is InChI=1S/C24H25ClF3N5O4S/c1-12-8-32(9-13(2)33(12)23(36)37)21-16-6-17(24(26,27)28)18(25)20(19(16)30-22(35)31-21)38-11-15(10-34)14-4-3-5-29-7-14/h3-7,12-13,15,34H,8-11H2,1-2H3,(H,36,37)(H,30,31,35)/t12-,13+,15?. The zero-order valence-corrected chi connectivity index (χ0v) is 21.9. The normalized spacial score (nSPS) is 19.1. The molecule has 204 valence electrons. The molecule has 3 heterocycles. The molecule has 3 atom stereocenters. The Morgan fingerprint density at radius 1 is 1.32 bits per heavy atom. The zero-order chi connectivity index (χ0) is 27.8. The molecule has 0 spiro atoms. The van der Waals surface area contributed by atoms with Gasteiger partial charge in [0.1, 0.15) is 5.82 Å². The highest BCUT2D eigenvalue weighted by molar-refractivity contribution is 7.99. The third-order valence-corrected chi connectivity index (χ3v) is 8.22. The zero-order valence-electron chi connectivity index (χ0n) is 20.4. The minimum atomic E-state index is -4.80. The van der Waals surface area contributed by atoms with Crippen LogP contribution in [-0.4, -0.2) is 73.7 Å². The monoisotopic (exact) mass is 571 g/mol. The van der Waals surface area contributed by atoms with Crippen LogP contribution in [0, 0.1) is 0 Å². The van der Waals surface area contributed by atoms with E-state index in [-0.39, 0.29) is 47.1 Å². The number of nitrogens with zero attached hydrogens (tertiary/aromatic N) is 4. The van der Waals surface area contributed by atoms with E-state index < -0.39 is 46.5 Å². The highest BCUT2D eigenvalue weighted by atomic mass is 35.5. The summed E-state index contributed by atoms with van der Waals surface area (Å²) in [6.45, 7) is 3.34. The molecule has 0 bridgehead atoms. The van der Waals surface area contributed by atoms with Crippen molar-refractivity contribution in [2.45, 2.75) is 42.9 Å². The third-order valence-electron chi connectivity index (χ3n) is 6.45. The number of piperazine rings is 1. The van der Waals surface area contributed by atoms with E-state index in [0.29, 0.717) is 5.56 Å². The molecule has 1 unspecified atom stereocenters. The summed E-state index contributed by atoms with van der Waals surface area (Å²) in [5.74, 6) is -0.278. The number of halogens is 4. The highest BCUT2D eigenvalue weighted by Crippen LogP contribution is 2.45. The Labute approximate surface area is 224 Å². The Morgan fingerprint density at radius 2 is 2.00 bits per heavy atom. The van der Waals surface area contributed by atoms with E-state index in [2.05, 4.69) is 15.0 Å². The van der Waals surface area contributed by atoms with Crippen LogP contribution < -0.4 is 10.6 Å².